The first kappa shape index (κ1) is 35.3. The van der Waals surface area contributed by atoms with Crippen molar-refractivity contribution in [2.75, 3.05) is 65.4 Å². The molecular weight excluding hydrogens is 548 g/mol. The molecule has 0 saturated carbocycles. The molecule has 1 atom stereocenters. The summed E-state index contributed by atoms with van der Waals surface area (Å²) in [7, 11) is 0. The lowest BCUT2D eigenvalue weighted by atomic mass is 9.91. The van der Waals surface area contributed by atoms with E-state index in [4.69, 9.17) is 4.84 Å². The maximum absolute atomic E-state index is 12.8. The Hall–Kier alpha value is -0.680. The number of piperidine rings is 1. The normalized spacial score (nSPS) is 21.0. The summed E-state index contributed by atoms with van der Waals surface area (Å²) < 4.78 is 0. The molecule has 3 aliphatic rings. The zero-order chi connectivity index (χ0) is 22.3. The highest BCUT2D eigenvalue weighted by atomic mass is 35.5. The predicted octanol–water partition coefficient (Wildman–Crippen LogP) is 2.48. The number of hydrazine groups is 1. The number of rotatable bonds is 7. The first-order chi connectivity index (χ1) is 15.6. The molecule has 0 bridgehead atoms. The van der Waals surface area contributed by atoms with Crippen molar-refractivity contribution in [1.82, 2.24) is 25.3 Å². The number of Topliss-reactive ketones (excluding diaryl/α,β-unsaturated/α-hetero) is 1. The summed E-state index contributed by atoms with van der Waals surface area (Å²) in [5.41, 5.74) is 1.44. The van der Waals surface area contributed by atoms with E-state index >= 15 is 0 Å². The van der Waals surface area contributed by atoms with Crippen LogP contribution in [0.5, 0.6) is 0 Å². The molecule has 0 aliphatic carbocycles. The van der Waals surface area contributed by atoms with E-state index in [0.717, 1.165) is 45.2 Å². The number of carbonyl (C=O) groups is 2. The monoisotopic (exact) mass is 587 g/mol. The fourth-order valence-corrected chi connectivity index (χ4v) is 5.10. The van der Waals surface area contributed by atoms with E-state index in [1.807, 2.05) is 4.90 Å². The second kappa shape index (κ2) is 17.8. The first-order valence-corrected chi connectivity index (χ1v) is 12.1. The minimum absolute atomic E-state index is 0. The number of benzene rings is 1. The average molecular weight is 589 g/mol. The van der Waals surface area contributed by atoms with Crippen molar-refractivity contribution in [1.29, 1.82) is 0 Å². The quantitative estimate of drug-likeness (QED) is 0.487. The van der Waals surface area contributed by atoms with Gasteiger partial charge in [0.1, 0.15) is 0 Å². The van der Waals surface area contributed by atoms with Gasteiger partial charge in [-0.05, 0) is 37.7 Å². The zero-order valence-corrected chi connectivity index (χ0v) is 24.1. The van der Waals surface area contributed by atoms with Crippen LogP contribution >= 0.6 is 49.6 Å². The third-order valence-electron chi connectivity index (χ3n) is 6.92. The molecule has 4 rings (SSSR count). The molecular formula is C24H41Cl4N5O3. The Morgan fingerprint density at radius 1 is 0.861 bits per heavy atom. The van der Waals surface area contributed by atoms with Crippen LogP contribution in [0.15, 0.2) is 30.3 Å². The predicted molar refractivity (Wildman–Crippen MR) is 152 cm³/mol. The summed E-state index contributed by atoms with van der Waals surface area (Å²) in [4.78, 5) is 32.5. The first-order valence-electron chi connectivity index (χ1n) is 12.1. The van der Waals surface area contributed by atoms with Crippen molar-refractivity contribution in [3.63, 3.8) is 0 Å². The Balaban J connectivity index is 0.00000306. The third-order valence-corrected chi connectivity index (χ3v) is 6.92. The molecule has 3 saturated heterocycles. The molecule has 3 aliphatic heterocycles. The topological polar surface area (TPSA) is 68.4 Å². The Bertz CT molecular complexity index is 757. The summed E-state index contributed by atoms with van der Waals surface area (Å²) in [6, 6.07) is 9.99. The standard InChI is InChI=1S/C24H37N5O3.4ClH/c1-20(30)23(26-13-9-25-10-14-26)24(31)32-29-17-15-28(16-18-29)27-11-7-22(8-12-27)19-21-5-3-2-4-6-21;;;;/h2-6,22-23,25H,7-19H2,1H3;4*1H. The van der Waals surface area contributed by atoms with Gasteiger partial charge in [-0.15, -0.1) is 54.7 Å². The van der Waals surface area contributed by atoms with E-state index in [1.54, 1.807) is 5.06 Å². The number of piperazine rings is 2. The molecule has 3 fully saturated rings. The van der Waals surface area contributed by atoms with Crippen molar-refractivity contribution in [3.8, 4) is 0 Å². The van der Waals surface area contributed by atoms with Crippen molar-refractivity contribution >= 4 is 61.4 Å². The lowest BCUT2D eigenvalue weighted by Crippen LogP contribution is -2.58. The van der Waals surface area contributed by atoms with Gasteiger partial charge in [-0.25, -0.2) is 14.8 Å². The number of hydrogen-bond acceptors (Lipinski definition) is 8. The van der Waals surface area contributed by atoms with Crippen LogP contribution in [0.1, 0.15) is 25.3 Å². The third kappa shape index (κ3) is 9.89. The number of nitrogens with zero attached hydrogens (tertiary/aromatic N) is 4. The zero-order valence-electron chi connectivity index (χ0n) is 20.9. The second-order valence-corrected chi connectivity index (χ2v) is 9.18. The molecule has 0 spiro atoms. The van der Waals surface area contributed by atoms with Gasteiger partial charge in [0.15, 0.2) is 11.8 Å². The Morgan fingerprint density at radius 3 is 1.97 bits per heavy atom. The number of halogens is 4. The van der Waals surface area contributed by atoms with E-state index in [-0.39, 0.29) is 55.4 Å². The van der Waals surface area contributed by atoms with Gasteiger partial charge >= 0.3 is 5.97 Å². The maximum atomic E-state index is 12.8. The average Bonchev–Trinajstić information content (AvgIpc) is 2.81. The molecule has 208 valence electrons. The van der Waals surface area contributed by atoms with Gasteiger partial charge in [0.25, 0.3) is 0 Å². The van der Waals surface area contributed by atoms with Crippen molar-refractivity contribution in [2.24, 2.45) is 5.92 Å². The molecule has 8 nitrogen and oxygen atoms in total. The van der Waals surface area contributed by atoms with Gasteiger partial charge in [0.2, 0.25) is 0 Å². The van der Waals surface area contributed by atoms with Crippen LogP contribution in [0.3, 0.4) is 0 Å². The number of nitrogens with one attached hydrogen (secondary N) is 1. The highest BCUT2D eigenvalue weighted by Crippen LogP contribution is 2.23. The van der Waals surface area contributed by atoms with E-state index in [2.05, 4.69) is 45.7 Å². The summed E-state index contributed by atoms with van der Waals surface area (Å²) in [5.74, 6) is 0.174. The number of ketones is 1. The maximum Gasteiger partial charge on any atom is 0.349 e. The lowest BCUT2D eigenvalue weighted by Gasteiger charge is -2.43. The SMILES string of the molecule is CC(=O)C(C(=O)ON1CCN(N2CCC(Cc3ccccc3)CC2)CC1)N1CCNCC1.Cl.Cl.Cl.Cl. The molecule has 1 aromatic carbocycles. The largest absolute Gasteiger partial charge is 0.366 e. The highest BCUT2D eigenvalue weighted by Gasteiger charge is 2.35. The fourth-order valence-electron chi connectivity index (χ4n) is 5.10. The molecule has 1 unspecified atom stereocenters. The van der Waals surface area contributed by atoms with Crippen LogP contribution in [0.4, 0.5) is 0 Å². The van der Waals surface area contributed by atoms with Gasteiger partial charge in [-0.2, -0.15) is 0 Å². The molecule has 3 heterocycles. The van der Waals surface area contributed by atoms with Crippen LogP contribution in [-0.4, -0.2) is 103 Å². The number of hydroxylamine groups is 2. The summed E-state index contributed by atoms with van der Waals surface area (Å²) in [6.45, 7) is 9.64. The Kier molecular flexibility index (Phi) is 17.4. The summed E-state index contributed by atoms with van der Waals surface area (Å²) in [5, 5.41) is 9.87. The molecule has 1 N–H and O–H groups in total. The molecule has 36 heavy (non-hydrogen) atoms. The van der Waals surface area contributed by atoms with Gasteiger partial charge in [0.05, 0.1) is 0 Å². The second-order valence-electron chi connectivity index (χ2n) is 9.18. The summed E-state index contributed by atoms with van der Waals surface area (Å²) in [6.07, 6.45) is 3.60. The van der Waals surface area contributed by atoms with Crippen molar-refractivity contribution < 1.29 is 14.4 Å². The van der Waals surface area contributed by atoms with Crippen LogP contribution in [-0.2, 0) is 20.8 Å². The van der Waals surface area contributed by atoms with Crippen LogP contribution in [0.2, 0.25) is 0 Å². The fraction of sp³-hybridized carbons (Fsp3) is 0.667. The van der Waals surface area contributed by atoms with Crippen molar-refractivity contribution in [2.45, 2.75) is 32.2 Å². The van der Waals surface area contributed by atoms with Crippen LogP contribution in [0, 0.1) is 5.92 Å². The van der Waals surface area contributed by atoms with Crippen LogP contribution < -0.4 is 5.32 Å². The van der Waals surface area contributed by atoms with E-state index in [9.17, 15) is 9.59 Å². The van der Waals surface area contributed by atoms with E-state index in [0.29, 0.717) is 26.2 Å². The smallest absolute Gasteiger partial charge is 0.349 e. The van der Waals surface area contributed by atoms with Gasteiger partial charge in [-0.3, -0.25) is 9.69 Å². The molecule has 0 aromatic heterocycles. The lowest BCUT2D eigenvalue weighted by molar-refractivity contribution is -0.213. The minimum atomic E-state index is -0.793. The molecule has 12 heteroatoms. The Morgan fingerprint density at radius 2 is 1.42 bits per heavy atom. The minimum Gasteiger partial charge on any atom is -0.366 e. The van der Waals surface area contributed by atoms with Crippen LogP contribution in [0.25, 0.3) is 0 Å². The van der Waals surface area contributed by atoms with Gasteiger partial charge < -0.3 is 10.2 Å². The highest BCUT2D eigenvalue weighted by molar-refractivity contribution is 6.01. The number of carbonyl (C=O) groups excluding carboxylic acids is 2. The van der Waals surface area contributed by atoms with Crippen molar-refractivity contribution in [3.05, 3.63) is 35.9 Å². The molecule has 0 amide bonds. The molecule has 0 radical (unpaired) electrons. The van der Waals surface area contributed by atoms with Gasteiger partial charge in [0, 0.05) is 65.4 Å². The van der Waals surface area contributed by atoms with Gasteiger partial charge in [-0.1, -0.05) is 30.3 Å². The van der Waals surface area contributed by atoms with E-state index in [1.165, 1.54) is 31.7 Å². The summed E-state index contributed by atoms with van der Waals surface area (Å²) >= 11 is 0. The van der Waals surface area contributed by atoms with E-state index < -0.39 is 12.0 Å². The molecule has 1 aromatic rings. The Labute approximate surface area is 240 Å². The number of hydrogen-bond donors (Lipinski definition) is 1.